The van der Waals surface area contributed by atoms with Gasteiger partial charge in [0.1, 0.15) is 11.5 Å². The normalized spacial score (nSPS) is 18.6. The Morgan fingerprint density at radius 2 is 2.39 bits per heavy atom. The predicted molar refractivity (Wildman–Crippen MR) is 65.9 cm³/mol. The molecule has 0 saturated carbocycles. The van der Waals surface area contributed by atoms with E-state index in [1.165, 1.54) is 6.07 Å². The average molecular weight is 271 g/mol. The van der Waals surface area contributed by atoms with Gasteiger partial charge in [-0.05, 0) is 12.1 Å². The fraction of sp³-hybridized carbons (Fsp3) is 0.300. The Morgan fingerprint density at radius 3 is 3.00 bits per heavy atom. The number of halogens is 1. The molecule has 18 heavy (non-hydrogen) atoms. The van der Waals surface area contributed by atoms with Crippen molar-refractivity contribution in [3.63, 3.8) is 0 Å². The van der Waals surface area contributed by atoms with E-state index in [0.717, 1.165) is 12.1 Å². The fourth-order valence-electron chi connectivity index (χ4n) is 1.55. The third-order valence-electron chi connectivity index (χ3n) is 2.45. The van der Waals surface area contributed by atoms with Gasteiger partial charge in [0.2, 0.25) is 5.91 Å². The van der Waals surface area contributed by atoms with Crippen LogP contribution in [0.5, 0.6) is 0 Å². The molecule has 1 fully saturated rings. The molecule has 0 aromatic heterocycles. The predicted octanol–water partition coefficient (Wildman–Crippen LogP) is 1.33. The summed E-state index contributed by atoms with van der Waals surface area (Å²) in [6.07, 6.45) is 0. The summed E-state index contributed by atoms with van der Waals surface area (Å²) in [6, 6.07) is 2.67. The Kier molecular flexibility index (Phi) is 3.78. The van der Waals surface area contributed by atoms with Gasteiger partial charge >= 0.3 is 0 Å². The quantitative estimate of drug-likeness (QED) is 0.640. The van der Waals surface area contributed by atoms with E-state index in [-0.39, 0.29) is 17.6 Å². The SMILES string of the molecule is O=C(Nc1ccc(F)cc1[N+](=O)[O-])C1CSCN1. The number of nitro groups is 1. The summed E-state index contributed by atoms with van der Waals surface area (Å²) in [5.74, 6) is 0.216. The highest BCUT2D eigenvalue weighted by Gasteiger charge is 2.25. The van der Waals surface area contributed by atoms with Gasteiger partial charge in [0.25, 0.3) is 5.69 Å². The van der Waals surface area contributed by atoms with Crippen molar-refractivity contribution in [2.45, 2.75) is 6.04 Å². The first-order valence-corrected chi connectivity index (χ1v) is 6.29. The zero-order valence-electron chi connectivity index (χ0n) is 9.18. The third kappa shape index (κ3) is 2.77. The van der Waals surface area contributed by atoms with Crippen molar-refractivity contribution in [1.29, 1.82) is 0 Å². The minimum Gasteiger partial charge on any atom is -0.319 e. The zero-order valence-corrected chi connectivity index (χ0v) is 10.00. The lowest BCUT2D eigenvalue weighted by Gasteiger charge is -2.10. The number of nitrogens with one attached hydrogen (secondary N) is 2. The number of anilines is 1. The van der Waals surface area contributed by atoms with Gasteiger partial charge in [0.05, 0.1) is 17.0 Å². The second kappa shape index (κ2) is 5.32. The van der Waals surface area contributed by atoms with Crippen LogP contribution in [0.25, 0.3) is 0 Å². The van der Waals surface area contributed by atoms with Gasteiger partial charge in [-0.1, -0.05) is 0 Å². The molecule has 1 aliphatic rings. The van der Waals surface area contributed by atoms with Crippen LogP contribution in [0.2, 0.25) is 0 Å². The third-order valence-corrected chi connectivity index (χ3v) is 3.39. The van der Waals surface area contributed by atoms with Crippen LogP contribution in [0.15, 0.2) is 18.2 Å². The molecule has 1 aromatic rings. The maximum absolute atomic E-state index is 12.9. The summed E-state index contributed by atoms with van der Waals surface area (Å²) in [7, 11) is 0. The van der Waals surface area contributed by atoms with Crippen LogP contribution in [0.3, 0.4) is 0 Å². The van der Waals surface area contributed by atoms with E-state index in [0.29, 0.717) is 11.6 Å². The molecule has 1 unspecified atom stereocenters. The van der Waals surface area contributed by atoms with Crippen LogP contribution >= 0.6 is 11.8 Å². The Balaban J connectivity index is 2.17. The van der Waals surface area contributed by atoms with Crippen molar-refractivity contribution in [3.8, 4) is 0 Å². The minimum absolute atomic E-state index is 0.00472. The van der Waals surface area contributed by atoms with Crippen molar-refractivity contribution in [1.82, 2.24) is 5.32 Å². The topological polar surface area (TPSA) is 84.3 Å². The molecular formula is C10H10FN3O3S. The first-order chi connectivity index (χ1) is 8.58. The van der Waals surface area contributed by atoms with Gasteiger partial charge < -0.3 is 5.32 Å². The molecular weight excluding hydrogens is 261 g/mol. The molecule has 1 atom stereocenters. The summed E-state index contributed by atoms with van der Waals surface area (Å²) in [5.41, 5.74) is -0.445. The molecule has 1 amide bonds. The molecule has 0 spiro atoms. The number of carbonyl (C=O) groups is 1. The molecule has 2 N–H and O–H groups in total. The van der Waals surface area contributed by atoms with Crippen LogP contribution in [0.1, 0.15) is 0 Å². The van der Waals surface area contributed by atoms with Gasteiger partial charge in [-0.25, -0.2) is 4.39 Å². The number of nitro benzene ring substituents is 1. The van der Waals surface area contributed by atoms with Crippen molar-refractivity contribution in [2.75, 3.05) is 16.9 Å². The van der Waals surface area contributed by atoms with Crippen LogP contribution in [-0.2, 0) is 4.79 Å². The maximum atomic E-state index is 12.9. The van der Waals surface area contributed by atoms with Crippen LogP contribution < -0.4 is 10.6 Å². The van der Waals surface area contributed by atoms with Gasteiger partial charge in [-0.3, -0.25) is 20.2 Å². The maximum Gasteiger partial charge on any atom is 0.295 e. The number of rotatable bonds is 3. The molecule has 0 radical (unpaired) electrons. The van der Waals surface area contributed by atoms with Crippen molar-refractivity contribution in [3.05, 3.63) is 34.1 Å². The number of thioether (sulfide) groups is 1. The lowest BCUT2D eigenvalue weighted by atomic mass is 10.2. The van der Waals surface area contributed by atoms with E-state index >= 15 is 0 Å². The lowest BCUT2D eigenvalue weighted by Crippen LogP contribution is -2.37. The molecule has 6 nitrogen and oxygen atoms in total. The second-order valence-electron chi connectivity index (χ2n) is 3.68. The number of amides is 1. The van der Waals surface area contributed by atoms with Crippen LogP contribution in [0.4, 0.5) is 15.8 Å². The van der Waals surface area contributed by atoms with Gasteiger partial charge in [0.15, 0.2) is 0 Å². The average Bonchev–Trinajstić information content (AvgIpc) is 2.84. The standard InChI is InChI=1S/C10H10FN3O3S/c11-6-1-2-7(9(3-6)14(16)17)13-10(15)8-4-18-5-12-8/h1-3,8,12H,4-5H2,(H,13,15). The van der Waals surface area contributed by atoms with Gasteiger partial charge in [-0.2, -0.15) is 0 Å². The Labute approximate surface area is 106 Å². The van der Waals surface area contributed by atoms with E-state index in [9.17, 15) is 19.3 Å². The van der Waals surface area contributed by atoms with Crippen molar-refractivity contribution < 1.29 is 14.1 Å². The summed E-state index contributed by atoms with van der Waals surface area (Å²) < 4.78 is 12.9. The van der Waals surface area contributed by atoms with E-state index in [1.54, 1.807) is 11.8 Å². The molecule has 1 aromatic carbocycles. The molecule has 0 bridgehead atoms. The summed E-state index contributed by atoms with van der Waals surface area (Å²) >= 11 is 1.57. The molecule has 1 saturated heterocycles. The monoisotopic (exact) mass is 271 g/mol. The largest absolute Gasteiger partial charge is 0.319 e. The molecule has 96 valence electrons. The minimum atomic E-state index is -0.727. The summed E-state index contributed by atoms with van der Waals surface area (Å²) in [4.78, 5) is 21.8. The smallest absolute Gasteiger partial charge is 0.295 e. The van der Waals surface area contributed by atoms with Crippen molar-refractivity contribution in [2.24, 2.45) is 0 Å². The number of carbonyl (C=O) groups excluding carboxylic acids is 1. The molecule has 1 aliphatic heterocycles. The molecule has 8 heteroatoms. The summed E-state index contributed by atoms with van der Waals surface area (Å²) in [5, 5.41) is 16.1. The van der Waals surface area contributed by atoms with Crippen LogP contribution in [0, 0.1) is 15.9 Å². The molecule has 0 aliphatic carbocycles. The number of nitrogens with zero attached hydrogens (tertiary/aromatic N) is 1. The number of benzene rings is 1. The van der Waals surface area contributed by atoms with E-state index in [2.05, 4.69) is 10.6 Å². The summed E-state index contributed by atoms with van der Waals surface area (Å²) in [6.45, 7) is 0. The molecule has 2 rings (SSSR count). The Hall–Kier alpha value is -1.67. The van der Waals surface area contributed by atoms with Crippen molar-refractivity contribution >= 4 is 29.0 Å². The lowest BCUT2D eigenvalue weighted by molar-refractivity contribution is -0.384. The first kappa shape index (κ1) is 12.8. The van der Waals surface area contributed by atoms with Gasteiger partial charge in [0, 0.05) is 11.6 Å². The second-order valence-corrected chi connectivity index (χ2v) is 4.71. The Bertz CT molecular complexity index is 491. The van der Waals surface area contributed by atoms with Gasteiger partial charge in [-0.15, -0.1) is 11.8 Å². The highest BCUT2D eigenvalue weighted by Crippen LogP contribution is 2.25. The van der Waals surface area contributed by atoms with E-state index in [1.807, 2.05) is 0 Å². The fourth-order valence-corrected chi connectivity index (χ4v) is 2.49. The molecule has 1 heterocycles. The number of hydrogen-bond donors (Lipinski definition) is 2. The zero-order chi connectivity index (χ0) is 13.1. The first-order valence-electron chi connectivity index (χ1n) is 5.14. The highest BCUT2D eigenvalue weighted by molar-refractivity contribution is 7.99. The Morgan fingerprint density at radius 1 is 1.61 bits per heavy atom. The number of hydrogen-bond acceptors (Lipinski definition) is 5. The van der Waals surface area contributed by atoms with E-state index in [4.69, 9.17) is 0 Å². The van der Waals surface area contributed by atoms with Crippen LogP contribution in [-0.4, -0.2) is 28.5 Å². The van der Waals surface area contributed by atoms with E-state index < -0.39 is 16.4 Å². The highest BCUT2D eigenvalue weighted by atomic mass is 32.2.